The molecule has 0 amide bonds. The average molecular weight is 299 g/mol. The first kappa shape index (κ1) is 18.5. The van der Waals surface area contributed by atoms with Crippen LogP contribution in [-0.4, -0.2) is 44.8 Å². The first-order chi connectivity index (χ1) is 8.97. The van der Waals surface area contributed by atoms with Crippen LogP contribution in [0.5, 0.6) is 0 Å². The van der Waals surface area contributed by atoms with Gasteiger partial charge in [-0.25, -0.2) is 5.90 Å². The molecule has 0 heterocycles. The zero-order valence-corrected chi connectivity index (χ0v) is 12.4. The lowest BCUT2D eigenvalue weighted by Gasteiger charge is -2.21. The molecule has 8 nitrogen and oxygen atoms in total. The van der Waals surface area contributed by atoms with Gasteiger partial charge >= 0.3 is 13.6 Å². The van der Waals surface area contributed by atoms with E-state index in [1.54, 1.807) is 13.8 Å². The number of ether oxygens (including phenoxy) is 2. The minimum atomic E-state index is -3.30. The molecule has 0 radical (unpaired) electrons. The van der Waals surface area contributed by atoms with E-state index in [4.69, 9.17) is 24.4 Å². The number of hydrogen-bond acceptors (Lipinski definition) is 8. The minimum absolute atomic E-state index is 0.00840. The molecule has 0 aromatic heterocycles. The third-order valence-corrected chi connectivity index (χ3v) is 3.64. The lowest BCUT2D eigenvalue weighted by atomic mass is 10.4. The molecule has 0 aliphatic rings. The van der Waals surface area contributed by atoms with Crippen molar-refractivity contribution in [3.63, 3.8) is 0 Å². The van der Waals surface area contributed by atoms with Crippen LogP contribution in [-0.2, 0) is 32.7 Å². The molecule has 0 aromatic carbocycles. The Kier molecular flexibility index (Phi) is 10.0. The van der Waals surface area contributed by atoms with Gasteiger partial charge in [-0.15, -0.1) is 0 Å². The predicted molar refractivity (Wildman–Crippen MR) is 67.4 cm³/mol. The molecule has 0 bridgehead atoms. The Labute approximate surface area is 113 Å². The summed E-state index contributed by atoms with van der Waals surface area (Å²) in [6.07, 6.45) is -0.896. The fourth-order valence-electron chi connectivity index (χ4n) is 1.16. The highest BCUT2D eigenvalue weighted by Gasteiger charge is 2.26. The largest absolute Gasteiger partial charge is 0.463 e. The molecule has 2 N–H and O–H groups in total. The fourth-order valence-corrected chi connectivity index (χ4v) is 2.57. The van der Waals surface area contributed by atoms with E-state index in [0.717, 1.165) is 0 Å². The summed E-state index contributed by atoms with van der Waals surface area (Å²) < 4.78 is 32.3. The lowest BCUT2D eigenvalue weighted by Crippen LogP contribution is -2.28. The summed E-state index contributed by atoms with van der Waals surface area (Å²) in [5.74, 6) is 4.49. The highest BCUT2D eigenvalue weighted by Crippen LogP contribution is 2.48. The van der Waals surface area contributed by atoms with Gasteiger partial charge in [0.2, 0.25) is 0 Å². The Morgan fingerprint density at radius 3 is 2.21 bits per heavy atom. The number of carbonyl (C=O) groups excluding carboxylic acids is 1. The minimum Gasteiger partial charge on any atom is -0.463 e. The van der Waals surface area contributed by atoms with Gasteiger partial charge in [0, 0.05) is 6.92 Å². The van der Waals surface area contributed by atoms with E-state index >= 15 is 0 Å². The van der Waals surface area contributed by atoms with Crippen molar-refractivity contribution in [3.05, 3.63) is 0 Å². The topological polar surface area (TPSA) is 106 Å². The molecule has 19 heavy (non-hydrogen) atoms. The van der Waals surface area contributed by atoms with Gasteiger partial charge in [-0.2, -0.15) is 0 Å². The first-order valence-corrected chi connectivity index (χ1v) is 7.65. The smallest absolute Gasteiger partial charge is 0.356 e. The molecule has 0 fully saturated rings. The molecule has 1 unspecified atom stereocenters. The van der Waals surface area contributed by atoms with Gasteiger partial charge in [0.1, 0.15) is 19.1 Å². The second-order valence-corrected chi connectivity index (χ2v) is 5.50. The second kappa shape index (κ2) is 10.3. The van der Waals surface area contributed by atoms with Crippen LogP contribution in [0.1, 0.15) is 20.8 Å². The van der Waals surface area contributed by atoms with Gasteiger partial charge in [0.15, 0.2) is 0 Å². The Hall–Kier alpha value is -0.500. The van der Waals surface area contributed by atoms with Crippen LogP contribution in [0.3, 0.4) is 0 Å². The summed E-state index contributed by atoms with van der Waals surface area (Å²) in [5.41, 5.74) is 0. The molecule has 0 aliphatic heterocycles. The normalized spacial score (nSPS) is 13.3. The van der Waals surface area contributed by atoms with E-state index in [1.165, 1.54) is 6.92 Å². The fraction of sp³-hybridized carbons (Fsp3) is 0.900. The zero-order chi connectivity index (χ0) is 14.7. The van der Waals surface area contributed by atoms with Gasteiger partial charge in [-0.05, 0) is 13.8 Å². The zero-order valence-electron chi connectivity index (χ0n) is 11.5. The lowest BCUT2D eigenvalue weighted by molar-refractivity contribution is -0.146. The van der Waals surface area contributed by atoms with Gasteiger partial charge in [-0.3, -0.25) is 9.36 Å². The van der Waals surface area contributed by atoms with Crippen molar-refractivity contribution in [1.29, 1.82) is 0 Å². The van der Waals surface area contributed by atoms with E-state index in [0.29, 0.717) is 0 Å². The SMILES string of the molecule is CCOP(=O)(COC(CON)COC(C)=O)OCC. The van der Waals surface area contributed by atoms with Crippen LogP contribution in [0.2, 0.25) is 0 Å². The number of esters is 1. The molecule has 9 heteroatoms. The average Bonchev–Trinajstić information content (AvgIpc) is 2.33. The maximum absolute atomic E-state index is 12.1. The maximum Gasteiger partial charge on any atom is 0.356 e. The van der Waals surface area contributed by atoms with Crippen molar-refractivity contribution in [2.24, 2.45) is 5.90 Å². The van der Waals surface area contributed by atoms with Crippen LogP contribution in [0, 0.1) is 0 Å². The molecule has 0 saturated carbocycles. The Morgan fingerprint density at radius 2 is 1.79 bits per heavy atom. The Morgan fingerprint density at radius 1 is 1.21 bits per heavy atom. The van der Waals surface area contributed by atoms with Gasteiger partial charge in [0.05, 0.1) is 19.8 Å². The third-order valence-electron chi connectivity index (χ3n) is 1.87. The van der Waals surface area contributed by atoms with E-state index in [1.807, 2.05) is 0 Å². The van der Waals surface area contributed by atoms with Gasteiger partial charge < -0.3 is 23.4 Å². The highest BCUT2D eigenvalue weighted by atomic mass is 31.2. The van der Waals surface area contributed by atoms with Crippen molar-refractivity contribution in [2.45, 2.75) is 26.9 Å². The van der Waals surface area contributed by atoms with Crippen molar-refractivity contribution in [2.75, 3.05) is 32.8 Å². The summed E-state index contributed by atoms with van der Waals surface area (Å²) in [7, 11) is -3.30. The molecule has 0 spiro atoms. The Bertz CT molecular complexity index is 290. The summed E-state index contributed by atoms with van der Waals surface area (Å²) in [6, 6.07) is 0. The standard InChI is InChI=1S/C10H22NO7P/c1-4-17-19(13,18-5-2)8-15-10(7-16-11)6-14-9(3)12/h10H,4-8,11H2,1-3H3. The number of carbonyl (C=O) groups is 1. The van der Waals surface area contributed by atoms with E-state index < -0.39 is 19.7 Å². The highest BCUT2D eigenvalue weighted by molar-refractivity contribution is 7.53. The van der Waals surface area contributed by atoms with Gasteiger partial charge in [0.25, 0.3) is 0 Å². The molecule has 0 rings (SSSR count). The molecular formula is C10H22NO7P. The second-order valence-electron chi connectivity index (χ2n) is 3.50. The quantitative estimate of drug-likeness (QED) is 0.343. The van der Waals surface area contributed by atoms with E-state index in [9.17, 15) is 9.36 Å². The number of hydrogen-bond donors (Lipinski definition) is 1. The van der Waals surface area contributed by atoms with Crippen molar-refractivity contribution < 1.29 is 32.7 Å². The molecule has 114 valence electrons. The van der Waals surface area contributed by atoms with Crippen molar-refractivity contribution in [3.8, 4) is 0 Å². The van der Waals surface area contributed by atoms with E-state index in [2.05, 4.69) is 4.84 Å². The van der Waals surface area contributed by atoms with E-state index in [-0.39, 0.29) is 32.8 Å². The van der Waals surface area contributed by atoms with Crippen LogP contribution in [0.25, 0.3) is 0 Å². The third kappa shape index (κ3) is 9.10. The summed E-state index contributed by atoms with van der Waals surface area (Å²) in [4.78, 5) is 15.1. The van der Waals surface area contributed by atoms with Crippen molar-refractivity contribution >= 4 is 13.6 Å². The number of nitrogens with two attached hydrogens (primary N) is 1. The maximum atomic E-state index is 12.1. The molecule has 0 aromatic rings. The molecular weight excluding hydrogens is 277 g/mol. The molecule has 0 saturated heterocycles. The first-order valence-electron chi connectivity index (χ1n) is 5.92. The number of rotatable bonds is 11. The van der Waals surface area contributed by atoms with Crippen LogP contribution in [0.4, 0.5) is 0 Å². The summed E-state index contributed by atoms with van der Waals surface area (Å²) >= 11 is 0. The summed E-state index contributed by atoms with van der Waals surface area (Å²) in [5, 5.41) is 0. The summed E-state index contributed by atoms with van der Waals surface area (Å²) in [6.45, 7) is 5.09. The van der Waals surface area contributed by atoms with Crippen molar-refractivity contribution in [1.82, 2.24) is 0 Å². The van der Waals surface area contributed by atoms with Crippen LogP contribution >= 0.6 is 7.60 Å². The van der Waals surface area contributed by atoms with Gasteiger partial charge in [-0.1, -0.05) is 0 Å². The molecule has 1 atom stereocenters. The predicted octanol–water partition coefficient (Wildman–Crippen LogP) is 1.05. The Balaban J connectivity index is 4.32. The molecule has 0 aliphatic carbocycles. The van der Waals surface area contributed by atoms with Crippen LogP contribution < -0.4 is 5.90 Å². The monoisotopic (exact) mass is 299 g/mol. The van der Waals surface area contributed by atoms with Crippen LogP contribution in [0.15, 0.2) is 0 Å².